The minimum Gasteiger partial charge on any atom is -0.394 e. The number of nitrogens with zero attached hydrogens (tertiary/aromatic N) is 3. The summed E-state index contributed by atoms with van der Waals surface area (Å²) in [6.45, 7) is 2.36. The zero-order valence-electron chi connectivity index (χ0n) is 11.6. The monoisotopic (exact) mass is 344 g/mol. The number of aromatic nitrogens is 2. The van der Waals surface area contributed by atoms with Crippen molar-refractivity contribution in [3.8, 4) is 0 Å². The molecule has 0 unspecified atom stereocenters. The Hall–Kier alpha value is -0.920. The summed E-state index contributed by atoms with van der Waals surface area (Å²) in [6, 6.07) is 0.348. The standard InChI is InChI=1S/C13H21BrN4O2/c1-9-16-8-12(15)13(17-9)18(14)10-2-4-11(5-3-10)20-7-6-19/h8,10-11,19H,2-7,15H2,1H3. The van der Waals surface area contributed by atoms with Crippen molar-refractivity contribution >= 4 is 27.7 Å². The first kappa shape index (κ1) is 15.5. The van der Waals surface area contributed by atoms with Crippen molar-refractivity contribution in [2.75, 3.05) is 22.9 Å². The van der Waals surface area contributed by atoms with Crippen LogP contribution in [0.2, 0.25) is 0 Å². The van der Waals surface area contributed by atoms with Gasteiger partial charge in [-0.15, -0.1) is 0 Å². The molecule has 1 heterocycles. The van der Waals surface area contributed by atoms with Crippen LogP contribution in [0, 0.1) is 6.92 Å². The van der Waals surface area contributed by atoms with Crippen LogP contribution in [-0.4, -0.2) is 40.4 Å². The lowest BCUT2D eigenvalue weighted by Crippen LogP contribution is -2.34. The van der Waals surface area contributed by atoms with E-state index in [1.807, 2.05) is 10.8 Å². The summed E-state index contributed by atoms with van der Waals surface area (Å²) in [7, 11) is 0. The molecule has 2 rings (SSSR count). The minimum atomic E-state index is 0.0846. The van der Waals surface area contributed by atoms with Gasteiger partial charge in [0.05, 0.1) is 47.3 Å². The van der Waals surface area contributed by atoms with Crippen molar-refractivity contribution in [3.63, 3.8) is 0 Å². The van der Waals surface area contributed by atoms with Crippen molar-refractivity contribution in [1.82, 2.24) is 9.97 Å². The van der Waals surface area contributed by atoms with Crippen LogP contribution in [0.1, 0.15) is 31.5 Å². The number of nitrogens with two attached hydrogens (primary N) is 1. The van der Waals surface area contributed by atoms with E-state index in [9.17, 15) is 0 Å². The van der Waals surface area contributed by atoms with Crippen LogP contribution in [0.15, 0.2) is 6.20 Å². The first-order valence-corrected chi connectivity index (χ1v) is 7.59. The first-order chi connectivity index (χ1) is 9.61. The number of aliphatic hydroxyl groups excluding tert-OH is 1. The number of aliphatic hydroxyl groups is 1. The van der Waals surface area contributed by atoms with Crippen LogP contribution in [0.25, 0.3) is 0 Å². The highest BCUT2D eigenvalue weighted by Crippen LogP contribution is 2.32. The van der Waals surface area contributed by atoms with Gasteiger partial charge in [0.25, 0.3) is 0 Å². The zero-order chi connectivity index (χ0) is 14.5. The smallest absolute Gasteiger partial charge is 0.165 e. The number of hydrogen-bond donors (Lipinski definition) is 2. The van der Waals surface area contributed by atoms with E-state index in [4.69, 9.17) is 15.6 Å². The molecule has 0 amide bonds. The second kappa shape index (κ2) is 7.19. The highest BCUT2D eigenvalue weighted by molar-refractivity contribution is 9.10. The number of anilines is 2. The van der Waals surface area contributed by atoms with E-state index in [1.54, 1.807) is 6.20 Å². The Morgan fingerprint density at radius 3 is 2.80 bits per heavy atom. The number of ether oxygens (including phenoxy) is 1. The molecule has 112 valence electrons. The van der Waals surface area contributed by atoms with Gasteiger partial charge in [-0.25, -0.2) is 9.97 Å². The fraction of sp³-hybridized carbons (Fsp3) is 0.692. The molecule has 0 spiro atoms. The Morgan fingerprint density at radius 2 is 2.15 bits per heavy atom. The summed E-state index contributed by atoms with van der Waals surface area (Å²) < 4.78 is 7.55. The molecule has 1 aromatic rings. The minimum absolute atomic E-state index is 0.0846. The van der Waals surface area contributed by atoms with E-state index < -0.39 is 0 Å². The number of nitrogen functional groups attached to an aromatic ring is 1. The number of hydrogen-bond acceptors (Lipinski definition) is 6. The second-order valence-electron chi connectivity index (χ2n) is 5.03. The van der Waals surface area contributed by atoms with E-state index in [1.165, 1.54) is 0 Å². The maximum atomic E-state index is 8.77. The Bertz CT molecular complexity index is 438. The highest BCUT2D eigenvalue weighted by atomic mass is 79.9. The van der Waals surface area contributed by atoms with Crippen LogP contribution in [-0.2, 0) is 4.74 Å². The summed E-state index contributed by atoms with van der Waals surface area (Å²) in [5, 5.41) is 8.77. The van der Waals surface area contributed by atoms with Gasteiger partial charge in [-0.1, -0.05) is 0 Å². The van der Waals surface area contributed by atoms with Crippen molar-refractivity contribution in [2.45, 2.75) is 44.8 Å². The Labute approximate surface area is 127 Å². The van der Waals surface area contributed by atoms with Gasteiger partial charge in [0.1, 0.15) is 5.82 Å². The predicted octanol–water partition coefficient (Wildman–Crippen LogP) is 1.80. The fourth-order valence-electron chi connectivity index (χ4n) is 2.47. The summed E-state index contributed by atoms with van der Waals surface area (Å²) in [5.74, 6) is 1.44. The van der Waals surface area contributed by atoms with Gasteiger partial charge in [-0.3, -0.25) is 3.93 Å². The molecule has 6 nitrogen and oxygen atoms in total. The highest BCUT2D eigenvalue weighted by Gasteiger charge is 2.27. The fourth-order valence-corrected chi connectivity index (χ4v) is 3.16. The molecule has 20 heavy (non-hydrogen) atoms. The normalized spacial score (nSPS) is 22.8. The van der Waals surface area contributed by atoms with Crippen molar-refractivity contribution in [2.24, 2.45) is 0 Å². The summed E-state index contributed by atoms with van der Waals surface area (Å²) in [5.41, 5.74) is 6.52. The van der Waals surface area contributed by atoms with E-state index >= 15 is 0 Å². The molecule has 0 radical (unpaired) electrons. The zero-order valence-corrected chi connectivity index (χ0v) is 13.2. The third kappa shape index (κ3) is 3.80. The average Bonchev–Trinajstić information content (AvgIpc) is 2.47. The maximum absolute atomic E-state index is 8.77. The van der Waals surface area contributed by atoms with E-state index in [2.05, 4.69) is 26.1 Å². The molecule has 0 atom stereocenters. The Kier molecular flexibility index (Phi) is 5.56. The molecule has 1 saturated carbocycles. The second-order valence-corrected chi connectivity index (χ2v) is 5.80. The van der Waals surface area contributed by atoms with Crippen molar-refractivity contribution < 1.29 is 9.84 Å². The Morgan fingerprint density at radius 1 is 1.45 bits per heavy atom. The van der Waals surface area contributed by atoms with Gasteiger partial charge in [-0.05, 0) is 32.6 Å². The largest absolute Gasteiger partial charge is 0.394 e. The molecule has 7 heteroatoms. The van der Waals surface area contributed by atoms with Gasteiger partial charge >= 0.3 is 0 Å². The number of halogens is 1. The van der Waals surface area contributed by atoms with E-state index in [0.29, 0.717) is 24.2 Å². The molecular formula is C13H21BrN4O2. The van der Waals surface area contributed by atoms with Gasteiger partial charge in [0.2, 0.25) is 0 Å². The number of aryl methyl sites for hydroxylation is 1. The SMILES string of the molecule is Cc1ncc(N)c(N(Br)C2CCC(OCCO)CC2)n1. The lowest BCUT2D eigenvalue weighted by Gasteiger charge is -2.33. The first-order valence-electron chi connectivity index (χ1n) is 6.88. The summed E-state index contributed by atoms with van der Waals surface area (Å²) in [4.78, 5) is 8.48. The summed E-state index contributed by atoms with van der Waals surface area (Å²) in [6.07, 6.45) is 5.87. The molecule has 1 aliphatic rings. The molecule has 0 saturated heterocycles. The van der Waals surface area contributed by atoms with E-state index in [-0.39, 0.29) is 12.7 Å². The van der Waals surface area contributed by atoms with Crippen molar-refractivity contribution in [1.29, 1.82) is 0 Å². The number of rotatable bonds is 5. The van der Waals surface area contributed by atoms with Crippen LogP contribution >= 0.6 is 16.1 Å². The lowest BCUT2D eigenvalue weighted by atomic mass is 9.93. The molecule has 0 bridgehead atoms. The van der Waals surface area contributed by atoms with Gasteiger partial charge in [0, 0.05) is 6.04 Å². The van der Waals surface area contributed by atoms with E-state index in [0.717, 1.165) is 31.5 Å². The Balaban J connectivity index is 1.94. The van der Waals surface area contributed by atoms with Crippen LogP contribution in [0.5, 0.6) is 0 Å². The topological polar surface area (TPSA) is 84.5 Å². The van der Waals surface area contributed by atoms with Gasteiger partial charge in [-0.2, -0.15) is 0 Å². The molecular weight excluding hydrogens is 324 g/mol. The van der Waals surface area contributed by atoms with Gasteiger partial charge < -0.3 is 15.6 Å². The molecule has 1 aromatic heterocycles. The van der Waals surface area contributed by atoms with Crippen LogP contribution < -0.4 is 9.66 Å². The molecule has 1 fully saturated rings. The molecule has 0 aromatic carbocycles. The maximum Gasteiger partial charge on any atom is 0.165 e. The summed E-state index contributed by atoms with van der Waals surface area (Å²) >= 11 is 3.59. The molecule has 0 aliphatic heterocycles. The third-order valence-electron chi connectivity index (χ3n) is 3.53. The third-order valence-corrected chi connectivity index (χ3v) is 4.44. The van der Waals surface area contributed by atoms with Gasteiger partial charge in [0.15, 0.2) is 5.82 Å². The lowest BCUT2D eigenvalue weighted by molar-refractivity contribution is 0.00664. The average molecular weight is 345 g/mol. The molecule has 3 N–H and O–H groups in total. The van der Waals surface area contributed by atoms with Crippen LogP contribution in [0.3, 0.4) is 0 Å². The van der Waals surface area contributed by atoms with Crippen molar-refractivity contribution in [3.05, 3.63) is 12.0 Å². The quantitative estimate of drug-likeness (QED) is 0.792. The molecule has 1 aliphatic carbocycles. The van der Waals surface area contributed by atoms with Crippen LogP contribution in [0.4, 0.5) is 11.5 Å². The predicted molar refractivity (Wildman–Crippen MR) is 81.7 cm³/mol.